The highest BCUT2D eigenvalue weighted by Gasteiger charge is 2.19. The number of carbonyl (C=O) groups is 1. The third kappa shape index (κ3) is 4.47. The largest absolute Gasteiger partial charge is 0.323 e. The highest BCUT2D eigenvalue weighted by atomic mass is 32.1. The zero-order chi connectivity index (χ0) is 18.6. The van der Waals surface area contributed by atoms with E-state index in [4.69, 9.17) is 0 Å². The Labute approximate surface area is 160 Å². The third-order valence-corrected chi connectivity index (χ3v) is 5.23. The van der Waals surface area contributed by atoms with E-state index in [1.807, 2.05) is 24.3 Å². The SMILES string of the molecule is O=C(CN1CCN(Cc2cccc(F)c2)CC1)Nc1cccc2nsnc12. The van der Waals surface area contributed by atoms with Gasteiger partial charge in [0.1, 0.15) is 16.9 Å². The molecule has 27 heavy (non-hydrogen) atoms. The fourth-order valence-electron chi connectivity index (χ4n) is 3.30. The Kier molecular flexibility index (Phi) is 5.38. The highest BCUT2D eigenvalue weighted by Crippen LogP contribution is 2.21. The first kappa shape index (κ1) is 18.0. The van der Waals surface area contributed by atoms with E-state index >= 15 is 0 Å². The van der Waals surface area contributed by atoms with E-state index < -0.39 is 0 Å². The van der Waals surface area contributed by atoms with Gasteiger partial charge < -0.3 is 5.32 Å². The van der Waals surface area contributed by atoms with Gasteiger partial charge in [0.15, 0.2) is 0 Å². The van der Waals surface area contributed by atoms with Crippen LogP contribution in [0, 0.1) is 5.82 Å². The van der Waals surface area contributed by atoms with Crippen molar-refractivity contribution in [3.63, 3.8) is 0 Å². The minimum Gasteiger partial charge on any atom is -0.323 e. The summed E-state index contributed by atoms with van der Waals surface area (Å²) in [4.78, 5) is 16.8. The third-order valence-electron chi connectivity index (χ3n) is 4.69. The van der Waals surface area contributed by atoms with Gasteiger partial charge in [-0.2, -0.15) is 8.75 Å². The van der Waals surface area contributed by atoms with Gasteiger partial charge in [0.05, 0.1) is 24.0 Å². The number of benzene rings is 2. The van der Waals surface area contributed by atoms with E-state index in [0.29, 0.717) is 12.2 Å². The van der Waals surface area contributed by atoms with Gasteiger partial charge in [-0.1, -0.05) is 18.2 Å². The second-order valence-corrected chi connectivity index (χ2v) is 7.20. The zero-order valence-corrected chi connectivity index (χ0v) is 15.6. The molecule has 0 bridgehead atoms. The first-order valence-electron chi connectivity index (χ1n) is 8.88. The zero-order valence-electron chi connectivity index (χ0n) is 14.8. The summed E-state index contributed by atoms with van der Waals surface area (Å²) >= 11 is 1.14. The Morgan fingerprint density at radius 3 is 2.67 bits per heavy atom. The summed E-state index contributed by atoms with van der Waals surface area (Å²) in [6, 6.07) is 12.3. The number of hydrogen-bond acceptors (Lipinski definition) is 6. The molecule has 4 rings (SSSR count). The fraction of sp³-hybridized carbons (Fsp3) is 0.316. The van der Waals surface area contributed by atoms with E-state index in [2.05, 4.69) is 23.9 Å². The number of carbonyl (C=O) groups excluding carboxylic acids is 1. The maximum Gasteiger partial charge on any atom is 0.238 e. The molecule has 0 saturated carbocycles. The van der Waals surface area contributed by atoms with Gasteiger partial charge in [-0.15, -0.1) is 0 Å². The van der Waals surface area contributed by atoms with Crippen molar-refractivity contribution in [3.05, 3.63) is 53.8 Å². The molecule has 1 amide bonds. The summed E-state index contributed by atoms with van der Waals surface area (Å²) in [5, 5.41) is 2.94. The van der Waals surface area contributed by atoms with Gasteiger partial charge in [0, 0.05) is 32.7 Å². The van der Waals surface area contributed by atoms with Crippen molar-refractivity contribution in [1.82, 2.24) is 18.5 Å². The molecule has 6 nitrogen and oxygen atoms in total. The average Bonchev–Trinajstić information content (AvgIpc) is 3.13. The molecule has 0 radical (unpaired) electrons. The van der Waals surface area contributed by atoms with Crippen LogP contribution in [0.5, 0.6) is 0 Å². The van der Waals surface area contributed by atoms with Gasteiger partial charge in [0.25, 0.3) is 0 Å². The standard InChI is InChI=1S/C19H20FN5OS/c20-15-4-1-3-14(11-15)12-24-7-9-25(10-8-24)13-18(26)21-16-5-2-6-17-19(16)23-27-22-17/h1-6,11H,7-10,12-13H2,(H,21,26). The number of nitrogens with zero attached hydrogens (tertiary/aromatic N) is 4. The smallest absolute Gasteiger partial charge is 0.238 e. The number of amides is 1. The second kappa shape index (κ2) is 8.08. The normalized spacial score (nSPS) is 15.9. The Balaban J connectivity index is 1.27. The molecule has 0 spiro atoms. The number of anilines is 1. The molecule has 140 valence electrons. The Bertz CT molecular complexity index is 939. The highest BCUT2D eigenvalue weighted by molar-refractivity contribution is 7.00. The van der Waals surface area contributed by atoms with Gasteiger partial charge >= 0.3 is 0 Å². The molecule has 1 aliphatic rings. The number of hydrogen-bond donors (Lipinski definition) is 1. The first-order chi connectivity index (χ1) is 13.2. The monoisotopic (exact) mass is 385 g/mol. The molecule has 0 unspecified atom stereocenters. The molecule has 1 aliphatic heterocycles. The van der Waals surface area contributed by atoms with E-state index in [-0.39, 0.29) is 11.7 Å². The summed E-state index contributed by atoms with van der Waals surface area (Å²) < 4.78 is 21.7. The van der Waals surface area contributed by atoms with Crippen LogP contribution in [-0.2, 0) is 11.3 Å². The van der Waals surface area contributed by atoms with E-state index in [1.54, 1.807) is 12.1 Å². The van der Waals surface area contributed by atoms with Crippen molar-refractivity contribution in [2.24, 2.45) is 0 Å². The summed E-state index contributed by atoms with van der Waals surface area (Å²) in [6.07, 6.45) is 0. The summed E-state index contributed by atoms with van der Waals surface area (Å²) in [6.45, 7) is 4.42. The van der Waals surface area contributed by atoms with Crippen LogP contribution >= 0.6 is 11.7 Å². The van der Waals surface area contributed by atoms with Crippen LogP contribution < -0.4 is 5.32 Å². The average molecular weight is 385 g/mol. The molecule has 2 aromatic carbocycles. The van der Waals surface area contributed by atoms with Gasteiger partial charge in [-0.3, -0.25) is 14.6 Å². The molecule has 3 aromatic rings. The van der Waals surface area contributed by atoms with Crippen molar-refractivity contribution in [1.29, 1.82) is 0 Å². The number of piperazine rings is 1. The van der Waals surface area contributed by atoms with E-state index in [1.165, 1.54) is 6.07 Å². The van der Waals surface area contributed by atoms with Gasteiger partial charge in [-0.05, 0) is 29.8 Å². The lowest BCUT2D eigenvalue weighted by Gasteiger charge is -2.34. The quantitative estimate of drug-likeness (QED) is 0.732. The Hall–Kier alpha value is -2.42. The lowest BCUT2D eigenvalue weighted by Crippen LogP contribution is -2.48. The lowest BCUT2D eigenvalue weighted by molar-refractivity contribution is -0.117. The number of nitrogens with one attached hydrogen (secondary N) is 1. The minimum absolute atomic E-state index is 0.0471. The van der Waals surface area contributed by atoms with Gasteiger partial charge in [-0.25, -0.2) is 4.39 Å². The van der Waals surface area contributed by atoms with Crippen LogP contribution in [0.3, 0.4) is 0 Å². The predicted molar refractivity (Wildman–Crippen MR) is 104 cm³/mol. The summed E-state index contributed by atoms with van der Waals surface area (Å²) in [5.41, 5.74) is 3.21. The second-order valence-electron chi connectivity index (χ2n) is 6.67. The number of rotatable bonds is 5. The van der Waals surface area contributed by atoms with Crippen molar-refractivity contribution in [2.45, 2.75) is 6.54 Å². The fourth-order valence-corrected chi connectivity index (χ4v) is 3.85. The summed E-state index contributed by atoms with van der Waals surface area (Å²) in [7, 11) is 0. The molecule has 8 heteroatoms. The molecular formula is C19H20FN5OS. The van der Waals surface area contributed by atoms with Crippen molar-refractivity contribution in [2.75, 3.05) is 38.0 Å². The van der Waals surface area contributed by atoms with Crippen molar-refractivity contribution >= 4 is 34.4 Å². The number of fused-ring (bicyclic) bond motifs is 1. The lowest BCUT2D eigenvalue weighted by atomic mass is 10.2. The first-order valence-corrected chi connectivity index (χ1v) is 9.61. The van der Waals surface area contributed by atoms with E-state index in [0.717, 1.165) is 61.0 Å². The molecule has 1 aromatic heterocycles. The van der Waals surface area contributed by atoms with Crippen molar-refractivity contribution in [3.8, 4) is 0 Å². The predicted octanol–water partition coefficient (Wildman–Crippen LogP) is 2.59. The number of aromatic nitrogens is 2. The summed E-state index contributed by atoms with van der Waals surface area (Å²) in [5.74, 6) is -0.248. The molecule has 0 aliphatic carbocycles. The van der Waals surface area contributed by atoms with Gasteiger partial charge in [0.2, 0.25) is 5.91 Å². The molecule has 1 fully saturated rings. The minimum atomic E-state index is -0.201. The molecule has 2 heterocycles. The van der Waals surface area contributed by atoms with Crippen LogP contribution in [0.25, 0.3) is 11.0 Å². The number of halogens is 1. The maximum atomic E-state index is 13.3. The van der Waals surface area contributed by atoms with Crippen LogP contribution in [0.2, 0.25) is 0 Å². The molecule has 0 atom stereocenters. The molecule has 1 saturated heterocycles. The Morgan fingerprint density at radius 2 is 1.85 bits per heavy atom. The van der Waals surface area contributed by atoms with Crippen molar-refractivity contribution < 1.29 is 9.18 Å². The Morgan fingerprint density at radius 1 is 1.07 bits per heavy atom. The van der Waals surface area contributed by atoms with Crippen LogP contribution in [0.4, 0.5) is 10.1 Å². The maximum absolute atomic E-state index is 13.3. The van der Waals surface area contributed by atoms with Crippen LogP contribution in [0.1, 0.15) is 5.56 Å². The molecule has 1 N–H and O–H groups in total. The molecular weight excluding hydrogens is 365 g/mol. The van der Waals surface area contributed by atoms with E-state index in [9.17, 15) is 9.18 Å². The van der Waals surface area contributed by atoms with Crippen LogP contribution in [-0.4, -0.2) is 57.2 Å². The van der Waals surface area contributed by atoms with Crippen LogP contribution in [0.15, 0.2) is 42.5 Å². The topological polar surface area (TPSA) is 61.4 Å².